The fourth-order valence-electron chi connectivity index (χ4n) is 3.67. The second-order valence-electron chi connectivity index (χ2n) is 7.17. The van der Waals surface area contributed by atoms with Gasteiger partial charge in [0.1, 0.15) is 0 Å². The van der Waals surface area contributed by atoms with Crippen molar-refractivity contribution in [2.45, 2.75) is 32.2 Å². The first kappa shape index (κ1) is 15.9. The van der Waals surface area contributed by atoms with Crippen LogP contribution >= 0.6 is 0 Å². The Bertz CT molecular complexity index is 767. The van der Waals surface area contributed by atoms with Gasteiger partial charge in [0, 0.05) is 35.6 Å². The summed E-state index contributed by atoms with van der Waals surface area (Å²) in [6.07, 6.45) is 4.87. The molecule has 1 saturated carbocycles. The van der Waals surface area contributed by atoms with Crippen molar-refractivity contribution in [1.82, 2.24) is 9.88 Å². The number of hydrogen-bond donors (Lipinski definition) is 2. The predicted octanol–water partition coefficient (Wildman–Crippen LogP) is 3.59. The molecule has 1 aromatic carbocycles. The lowest BCUT2D eigenvalue weighted by Crippen LogP contribution is -2.30. The first-order valence-corrected chi connectivity index (χ1v) is 8.98. The Morgan fingerprint density at radius 2 is 1.96 bits per heavy atom. The molecule has 2 aromatic rings. The fourth-order valence-corrected chi connectivity index (χ4v) is 3.67. The lowest BCUT2D eigenvalue weighted by Gasteiger charge is -2.24. The lowest BCUT2D eigenvalue weighted by atomic mass is 10.1. The highest BCUT2D eigenvalue weighted by molar-refractivity contribution is 5.97. The van der Waals surface area contributed by atoms with Crippen LogP contribution in [0.3, 0.4) is 0 Å². The molecule has 4 rings (SSSR count). The molecule has 0 spiro atoms. The number of likely N-dealkylation sites (tertiary alicyclic amines) is 1. The van der Waals surface area contributed by atoms with Gasteiger partial charge in [0.2, 0.25) is 5.91 Å². The van der Waals surface area contributed by atoms with E-state index in [-0.39, 0.29) is 23.8 Å². The van der Waals surface area contributed by atoms with Crippen molar-refractivity contribution < 1.29 is 9.59 Å². The summed E-state index contributed by atoms with van der Waals surface area (Å²) >= 11 is 0. The Kier molecular flexibility index (Phi) is 4.07. The van der Waals surface area contributed by atoms with Gasteiger partial charge in [0.15, 0.2) is 0 Å². The normalized spacial score (nSPS) is 25.0. The Balaban J connectivity index is 1.44. The minimum absolute atomic E-state index is 0.0470. The minimum Gasteiger partial charge on any atom is -0.363 e. The minimum atomic E-state index is 0.0470. The number of nitrogens with zero attached hydrogens (tertiary/aromatic N) is 1. The number of nitrogens with one attached hydrogen (secondary N) is 2. The number of aromatic amines is 1. The Labute approximate surface area is 147 Å². The van der Waals surface area contributed by atoms with Gasteiger partial charge in [-0.05, 0) is 61.6 Å². The highest BCUT2D eigenvalue weighted by Gasteiger charge is 2.39. The number of anilines is 1. The van der Waals surface area contributed by atoms with Crippen molar-refractivity contribution >= 4 is 17.5 Å². The summed E-state index contributed by atoms with van der Waals surface area (Å²) in [5.41, 5.74) is 2.51. The van der Waals surface area contributed by atoms with Crippen LogP contribution in [-0.2, 0) is 4.79 Å². The quantitative estimate of drug-likeness (QED) is 0.895. The highest BCUT2D eigenvalue weighted by atomic mass is 16.2. The van der Waals surface area contributed by atoms with Crippen LogP contribution in [0.2, 0.25) is 0 Å². The molecule has 25 heavy (non-hydrogen) atoms. The van der Waals surface area contributed by atoms with E-state index < -0.39 is 0 Å². The number of rotatable bonds is 4. The number of carbonyl (C=O) groups is 2. The largest absolute Gasteiger partial charge is 0.363 e. The monoisotopic (exact) mass is 337 g/mol. The maximum Gasteiger partial charge on any atom is 0.254 e. The summed E-state index contributed by atoms with van der Waals surface area (Å²) in [5.74, 6) is 0.761. The summed E-state index contributed by atoms with van der Waals surface area (Å²) in [5, 5.41) is 2.93. The molecule has 2 aliphatic rings. The van der Waals surface area contributed by atoms with E-state index in [4.69, 9.17) is 0 Å². The van der Waals surface area contributed by atoms with Gasteiger partial charge in [-0.25, -0.2) is 0 Å². The molecular weight excluding hydrogens is 314 g/mol. The Hall–Kier alpha value is -2.56. The molecule has 3 atom stereocenters. The predicted molar refractivity (Wildman–Crippen MR) is 96.1 cm³/mol. The third kappa shape index (κ3) is 3.18. The SMILES string of the molecule is C[C@@H]1C[C@@H]1C(=O)Nc1ccc(C(=O)N2CCC[C@H]2c2ccc[nH]2)cc1. The van der Waals surface area contributed by atoms with Crippen molar-refractivity contribution in [2.75, 3.05) is 11.9 Å². The maximum atomic E-state index is 12.9. The van der Waals surface area contributed by atoms with Crippen molar-refractivity contribution in [1.29, 1.82) is 0 Å². The van der Waals surface area contributed by atoms with Gasteiger partial charge < -0.3 is 15.2 Å². The van der Waals surface area contributed by atoms with Crippen LogP contribution in [0.4, 0.5) is 5.69 Å². The molecule has 1 aromatic heterocycles. The number of aromatic nitrogens is 1. The molecule has 2 heterocycles. The van der Waals surface area contributed by atoms with Gasteiger partial charge in [-0.2, -0.15) is 0 Å². The zero-order valence-electron chi connectivity index (χ0n) is 14.4. The van der Waals surface area contributed by atoms with E-state index in [0.29, 0.717) is 11.5 Å². The van der Waals surface area contributed by atoms with Crippen molar-refractivity contribution in [3.05, 3.63) is 53.9 Å². The van der Waals surface area contributed by atoms with Crippen molar-refractivity contribution in [2.24, 2.45) is 11.8 Å². The number of amides is 2. The van der Waals surface area contributed by atoms with Gasteiger partial charge in [-0.15, -0.1) is 0 Å². The van der Waals surface area contributed by atoms with Gasteiger partial charge in [0.25, 0.3) is 5.91 Å². The number of carbonyl (C=O) groups excluding carboxylic acids is 2. The van der Waals surface area contributed by atoms with Crippen LogP contribution in [0, 0.1) is 11.8 Å². The summed E-state index contributed by atoms with van der Waals surface area (Å²) in [7, 11) is 0. The van der Waals surface area contributed by atoms with Crippen molar-refractivity contribution in [3.63, 3.8) is 0 Å². The topological polar surface area (TPSA) is 65.2 Å². The summed E-state index contributed by atoms with van der Waals surface area (Å²) in [4.78, 5) is 30.0. The van der Waals surface area contributed by atoms with Gasteiger partial charge >= 0.3 is 0 Å². The summed E-state index contributed by atoms with van der Waals surface area (Å²) < 4.78 is 0. The second-order valence-corrected chi connectivity index (χ2v) is 7.17. The molecule has 1 saturated heterocycles. The maximum absolute atomic E-state index is 12.9. The van der Waals surface area contributed by atoms with E-state index in [1.54, 1.807) is 12.1 Å². The Morgan fingerprint density at radius 1 is 1.20 bits per heavy atom. The second kappa shape index (κ2) is 6.39. The van der Waals surface area contributed by atoms with Gasteiger partial charge in [-0.3, -0.25) is 9.59 Å². The van der Waals surface area contributed by atoms with E-state index in [1.165, 1.54) is 0 Å². The molecule has 2 amide bonds. The van der Waals surface area contributed by atoms with E-state index in [1.807, 2.05) is 35.4 Å². The third-order valence-corrected chi connectivity index (χ3v) is 5.34. The number of hydrogen-bond acceptors (Lipinski definition) is 2. The summed E-state index contributed by atoms with van der Waals surface area (Å²) in [6.45, 7) is 2.86. The van der Waals surface area contributed by atoms with Crippen LogP contribution in [0.25, 0.3) is 0 Å². The highest BCUT2D eigenvalue weighted by Crippen LogP contribution is 2.38. The van der Waals surface area contributed by atoms with Crippen LogP contribution < -0.4 is 5.32 Å². The average Bonchev–Trinajstić information content (AvgIpc) is 3.04. The van der Waals surface area contributed by atoms with Crippen LogP contribution in [-0.4, -0.2) is 28.2 Å². The van der Waals surface area contributed by atoms with Crippen LogP contribution in [0.1, 0.15) is 48.3 Å². The molecule has 1 aliphatic heterocycles. The van der Waals surface area contributed by atoms with E-state index in [0.717, 1.165) is 37.2 Å². The van der Waals surface area contributed by atoms with Crippen LogP contribution in [0.15, 0.2) is 42.6 Å². The molecule has 130 valence electrons. The molecule has 5 heteroatoms. The lowest BCUT2D eigenvalue weighted by molar-refractivity contribution is -0.117. The standard InChI is InChI=1S/C20H23N3O2/c1-13-12-16(13)19(24)22-15-8-6-14(7-9-15)20(25)23-11-3-5-18(23)17-4-2-10-21-17/h2,4,6-10,13,16,18,21H,3,5,11-12H2,1H3,(H,22,24)/t13-,16+,18+/m1/s1. The third-order valence-electron chi connectivity index (χ3n) is 5.34. The molecule has 2 N–H and O–H groups in total. The molecule has 0 radical (unpaired) electrons. The number of H-pyrrole nitrogens is 1. The van der Waals surface area contributed by atoms with E-state index in [9.17, 15) is 9.59 Å². The molecular formula is C20H23N3O2. The zero-order chi connectivity index (χ0) is 17.4. The average molecular weight is 337 g/mol. The first-order chi connectivity index (χ1) is 12.1. The molecule has 1 aliphatic carbocycles. The zero-order valence-corrected chi connectivity index (χ0v) is 14.4. The molecule has 5 nitrogen and oxygen atoms in total. The van der Waals surface area contributed by atoms with Gasteiger partial charge in [-0.1, -0.05) is 6.92 Å². The number of benzene rings is 1. The van der Waals surface area contributed by atoms with Crippen molar-refractivity contribution in [3.8, 4) is 0 Å². The first-order valence-electron chi connectivity index (χ1n) is 8.98. The molecule has 0 bridgehead atoms. The summed E-state index contributed by atoms with van der Waals surface area (Å²) in [6, 6.07) is 11.4. The van der Waals surface area contributed by atoms with E-state index in [2.05, 4.69) is 17.2 Å². The smallest absolute Gasteiger partial charge is 0.254 e. The molecule has 2 fully saturated rings. The van der Waals surface area contributed by atoms with Gasteiger partial charge in [0.05, 0.1) is 6.04 Å². The van der Waals surface area contributed by atoms with E-state index >= 15 is 0 Å². The fraction of sp³-hybridized carbons (Fsp3) is 0.400. The Morgan fingerprint density at radius 3 is 2.60 bits per heavy atom. The van der Waals surface area contributed by atoms with Crippen LogP contribution in [0.5, 0.6) is 0 Å². The molecule has 0 unspecified atom stereocenters.